The zero-order valence-electron chi connectivity index (χ0n) is 17.9. The molecule has 2 aromatic carbocycles. The van der Waals surface area contributed by atoms with Crippen LogP contribution in [0.25, 0.3) is 0 Å². The van der Waals surface area contributed by atoms with Gasteiger partial charge in [0.05, 0.1) is 20.4 Å². The van der Waals surface area contributed by atoms with E-state index < -0.39 is 11.9 Å². The molecule has 10 nitrogen and oxygen atoms in total. The summed E-state index contributed by atoms with van der Waals surface area (Å²) in [5.74, 6) is 0.433. The molecule has 0 aliphatic rings. The van der Waals surface area contributed by atoms with Gasteiger partial charge in [-0.3, -0.25) is 4.79 Å². The Morgan fingerprint density at radius 3 is 2.39 bits per heavy atom. The number of carbonyl (C=O) groups excluding carboxylic acids is 1. The quantitative estimate of drug-likeness (QED) is 0.334. The number of furan rings is 1. The van der Waals surface area contributed by atoms with Gasteiger partial charge in [-0.2, -0.15) is 5.10 Å². The van der Waals surface area contributed by atoms with Crippen molar-refractivity contribution >= 4 is 18.1 Å². The highest BCUT2D eigenvalue weighted by Crippen LogP contribution is 2.28. The SMILES string of the molecule is COc1ccccc1OCC(=O)N/N=C/c1ccc(OCc2ccc(C(=O)O)o2)c(OC)c1. The lowest BCUT2D eigenvalue weighted by atomic mass is 10.2. The Hall–Kier alpha value is -4.47. The molecule has 3 rings (SSSR count). The Morgan fingerprint density at radius 1 is 0.970 bits per heavy atom. The van der Waals surface area contributed by atoms with Crippen molar-refractivity contribution < 1.29 is 38.1 Å². The number of para-hydroxylation sites is 2. The fourth-order valence-electron chi connectivity index (χ4n) is 2.70. The summed E-state index contributed by atoms with van der Waals surface area (Å²) in [7, 11) is 3.00. The van der Waals surface area contributed by atoms with E-state index in [-0.39, 0.29) is 19.0 Å². The monoisotopic (exact) mass is 454 g/mol. The number of rotatable bonds is 11. The van der Waals surface area contributed by atoms with Crippen LogP contribution in [-0.4, -0.2) is 44.0 Å². The summed E-state index contributed by atoms with van der Waals surface area (Å²) in [6.45, 7) is -0.205. The number of nitrogens with zero attached hydrogens (tertiary/aromatic N) is 1. The highest BCUT2D eigenvalue weighted by atomic mass is 16.5. The second-order valence-electron chi connectivity index (χ2n) is 6.50. The summed E-state index contributed by atoms with van der Waals surface area (Å²) in [5.41, 5.74) is 3.03. The minimum Gasteiger partial charge on any atom is -0.493 e. The molecule has 2 N–H and O–H groups in total. The van der Waals surface area contributed by atoms with Crippen LogP contribution in [0.2, 0.25) is 0 Å². The Kier molecular flexibility index (Phi) is 7.90. The van der Waals surface area contributed by atoms with Crippen LogP contribution in [0, 0.1) is 0 Å². The average Bonchev–Trinajstić information content (AvgIpc) is 3.31. The number of carboxylic acids is 1. The second kappa shape index (κ2) is 11.2. The Morgan fingerprint density at radius 2 is 1.70 bits per heavy atom. The molecular formula is C23H22N2O8. The van der Waals surface area contributed by atoms with Gasteiger partial charge in [0, 0.05) is 0 Å². The van der Waals surface area contributed by atoms with Gasteiger partial charge in [-0.1, -0.05) is 12.1 Å². The van der Waals surface area contributed by atoms with Gasteiger partial charge in [0.2, 0.25) is 5.76 Å². The number of ether oxygens (including phenoxy) is 4. The van der Waals surface area contributed by atoms with Gasteiger partial charge < -0.3 is 28.5 Å². The van der Waals surface area contributed by atoms with E-state index in [0.29, 0.717) is 34.3 Å². The normalized spacial score (nSPS) is 10.6. The first-order chi connectivity index (χ1) is 16.0. The molecule has 0 unspecified atom stereocenters. The summed E-state index contributed by atoms with van der Waals surface area (Å²) >= 11 is 0. The smallest absolute Gasteiger partial charge is 0.371 e. The van der Waals surface area contributed by atoms with Crippen molar-refractivity contribution in [2.45, 2.75) is 6.61 Å². The highest BCUT2D eigenvalue weighted by molar-refractivity contribution is 5.84. The maximum atomic E-state index is 12.0. The lowest BCUT2D eigenvalue weighted by Crippen LogP contribution is -2.24. The molecule has 10 heteroatoms. The van der Waals surface area contributed by atoms with Crippen molar-refractivity contribution in [3.8, 4) is 23.0 Å². The predicted octanol–water partition coefficient (Wildman–Crippen LogP) is 3.10. The van der Waals surface area contributed by atoms with Crippen molar-refractivity contribution in [3.05, 3.63) is 71.7 Å². The van der Waals surface area contributed by atoms with Gasteiger partial charge in [0.1, 0.15) is 12.4 Å². The number of nitrogens with one attached hydrogen (secondary N) is 1. The third-order valence-corrected chi connectivity index (χ3v) is 4.26. The summed E-state index contributed by atoms with van der Waals surface area (Å²) in [6, 6.07) is 14.9. The van der Waals surface area contributed by atoms with Crippen molar-refractivity contribution in [3.63, 3.8) is 0 Å². The first-order valence-corrected chi connectivity index (χ1v) is 9.70. The zero-order chi connectivity index (χ0) is 23.6. The predicted molar refractivity (Wildman–Crippen MR) is 117 cm³/mol. The van der Waals surface area contributed by atoms with Gasteiger partial charge >= 0.3 is 5.97 Å². The number of carboxylic acid groups (broad SMARTS) is 1. The third kappa shape index (κ3) is 6.50. The Bertz CT molecular complexity index is 1140. The first-order valence-electron chi connectivity index (χ1n) is 9.70. The standard InChI is InChI=1S/C23H22N2O8/c1-29-17-5-3-4-6-18(17)32-14-22(26)25-24-12-15-7-9-19(21(11-15)30-2)31-13-16-8-10-20(33-16)23(27)28/h3-12H,13-14H2,1-2H3,(H,25,26)(H,27,28)/b24-12+. The maximum Gasteiger partial charge on any atom is 0.371 e. The summed E-state index contributed by atoms with van der Waals surface area (Å²) in [4.78, 5) is 22.8. The van der Waals surface area contributed by atoms with E-state index in [1.807, 2.05) is 0 Å². The van der Waals surface area contributed by atoms with E-state index in [9.17, 15) is 9.59 Å². The lowest BCUT2D eigenvalue weighted by molar-refractivity contribution is -0.123. The first kappa shape index (κ1) is 23.2. The lowest BCUT2D eigenvalue weighted by Gasteiger charge is -2.10. The fourth-order valence-corrected chi connectivity index (χ4v) is 2.70. The van der Waals surface area contributed by atoms with Crippen LogP contribution in [0.5, 0.6) is 23.0 Å². The molecule has 0 fully saturated rings. The second-order valence-corrected chi connectivity index (χ2v) is 6.50. The molecule has 0 saturated heterocycles. The third-order valence-electron chi connectivity index (χ3n) is 4.26. The molecule has 1 amide bonds. The van der Waals surface area contributed by atoms with E-state index in [4.69, 9.17) is 28.5 Å². The molecule has 3 aromatic rings. The van der Waals surface area contributed by atoms with Crippen LogP contribution >= 0.6 is 0 Å². The van der Waals surface area contributed by atoms with Crippen LogP contribution in [0.1, 0.15) is 21.9 Å². The van der Waals surface area contributed by atoms with Crippen LogP contribution < -0.4 is 24.4 Å². The zero-order valence-corrected chi connectivity index (χ0v) is 17.9. The molecule has 0 spiro atoms. The van der Waals surface area contributed by atoms with E-state index >= 15 is 0 Å². The van der Waals surface area contributed by atoms with Crippen LogP contribution in [-0.2, 0) is 11.4 Å². The molecule has 0 bridgehead atoms. The molecule has 0 saturated carbocycles. The number of methoxy groups -OCH3 is 2. The summed E-state index contributed by atoms with van der Waals surface area (Å²) in [5, 5.41) is 12.8. The average molecular weight is 454 g/mol. The molecule has 0 radical (unpaired) electrons. The molecule has 1 heterocycles. The number of carbonyl (C=O) groups is 2. The van der Waals surface area contributed by atoms with E-state index in [0.717, 1.165) is 0 Å². The van der Waals surface area contributed by atoms with Gasteiger partial charge in [-0.25, -0.2) is 10.2 Å². The number of hydrogen-bond donors (Lipinski definition) is 2. The Labute approximate surface area is 189 Å². The van der Waals surface area contributed by atoms with Gasteiger partial charge in [-0.15, -0.1) is 0 Å². The topological polar surface area (TPSA) is 129 Å². The van der Waals surface area contributed by atoms with E-state index in [2.05, 4.69) is 10.5 Å². The van der Waals surface area contributed by atoms with Crippen LogP contribution in [0.3, 0.4) is 0 Å². The minimum atomic E-state index is -1.15. The largest absolute Gasteiger partial charge is 0.493 e. The van der Waals surface area contributed by atoms with Crippen molar-refractivity contribution in [1.29, 1.82) is 0 Å². The van der Waals surface area contributed by atoms with Gasteiger partial charge in [0.25, 0.3) is 5.91 Å². The Balaban J connectivity index is 1.52. The molecule has 1 aromatic heterocycles. The van der Waals surface area contributed by atoms with Crippen LogP contribution in [0.15, 0.2) is 64.1 Å². The minimum absolute atomic E-state index is 0.0271. The molecule has 0 aliphatic carbocycles. The maximum absolute atomic E-state index is 12.0. The molecule has 172 valence electrons. The molecule has 33 heavy (non-hydrogen) atoms. The summed E-state index contributed by atoms with van der Waals surface area (Å²) < 4.78 is 26.7. The highest BCUT2D eigenvalue weighted by Gasteiger charge is 2.11. The van der Waals surface area contributed by atoms with Gasteiger partial charge in [-0.05, 0) is 48.0 Å². The molecule has 0 aliphatic heterocycles. The summed E-state index contributed by atoms with van der Waals surface area (Å²) in [6.07, 6.45) is 1.44. The van der Waals surface area contributed by atoms with Crippen molar-refractivity contribution in [1.82, 2.24) is 5.43 Å². The van der Waals surface area contributed by atoms with Crippen molar-refractivity contribution in [2.24, 2.45) is 5.10 Å². The van der Waals surface area contributed by atoms with E-state index in [1.54, 1.807) is 42.5 Å². The molecular weight excluding hydrogens is 432 g/mol. The van der Waals surface area contributed by atoms with Crippen LogP contribution in [0.4, 0.5) is 0 Å². The number of benzene rings is 2. The van der Waals surface area contributed by atoms with E-state index in [1.165, 1.54) is 32.6 Å². The molecule has 0 atom stereocenters. The number of hydrogen-bond acceptors (Lipinski definition) is 8. The van der Waals surface area contributed by atoms with Gasteiger partial charge in [0.15, 0.2) is 29.6 Å². The number of aromatic carboxylic acids is 1. The fraction of sp³-hybridized carbons (Fsp3) is 0.174. The van der Waals surface area contributed by atoms with Crippen molar-refractivity contribution in [2.75, 3.05) is 20.8 Å². The number of amides is 1. The number of hydrazone groups is 1.